The Hall–Kier alpha value is -2.38. The molecule has 1 N–H and O–H groups in total. The van der Waals surface area contributed by atoms with Crippen LogP contribution in [0.5, 0.6) is 0 Å². The van der Waals surface area contributed by atoms with Crippen molar-refractivity contribution < 1.29 is 9.18 Å². The average Bonchev–Trinajstić information content (AvgIpc) is 3.17. The van der Waals surface area contributed by atoms with Crippen LogP contribution in [0.4, 0.5) is 9.52 Å². The first-order valence-corrected chi connectivity index (χ1v) is 8.02. The summed E-state index contributed by atoms with van der Waals surface area (Å²) in [4.78, 5) is 12.8. The molecular weight excluding hydrogens is 321 g/mol. The molecule has 1 aromatic carbocycles. The van der Waals surface area contributed by atoms with E-state index in [0.29, 0.717) is 5.13 Å². The van der Waals surface area contributed by atoms with Gasteiger partial charge in [-0.2, -0.15) is 0 Å². The molecular formula is C15H10FN3OS2. The van der Waals surface area contributed by atoms with Gasteiger partial charge in [0.25, 0.3) is 0 Å². The predicted octanol–water partition coefficient (Wildman–Crippen LogP) is 4.06. The molecule has 7 heteroatoms. The van der Waals surface area contributed by atoms with Gasteiger partial charge in [-0.25, -0.2) is 4.39 Å². The molecule has 110 valence electrons. The Kier molecular flexibility index (Phi) is 4.36. The molecule has 0 saturated heterocycles. The summed E-state index contributed by atoms with van der Waals surface area (Å²) in [5.74, 6) is -0.616. The monoisotopic (exact) mass is 331 g/mol. The lowest BCUT2D eigenvalue weighted by Gasteiger charge is -1.95. The molecule has 0 atom stereocenters. The summed E-state index contributed by atoms with van der Waals surface area (Å²) in [6.45, 7) is 0. The Morgan fingerprint density at radius 3 is 2.73 bits per heavy atom. The fourth-order valence-electron chi connectivity index (χ4n) is 1.67. The number of hydrogen-bond donors (Lipinski definition) is 1. The highest BCUT2D eigenvalue weighted by atomic mass is 32.1. The number of benzene rings is 1. The first-order chi connectivity index (χ1) is 10.7. The van der Waals surface area contributed by atoms with E-state index >= 15 is 0 Å². The van der Waals surface area contributed by atoms with Crippen molar-refractivity contribution in [2.75, 3.05) is 5.32 Å². The lowest BCUT2D eigenvalue weighted by molar-refractivity contribution is -0.111. The van der Waals surface area contributed by atoms with Gasteiger partial charge in [0.05, 0.1) is 4.88 Å². The van der Waals surface area contributed by atoms with E-state index in [-0.39, 0.29) is 11.7 Å². The summed E-state index contributed by atoms with van der Waals surface area (Å²) in [6.07, 6.45) is 2.98. The van der Waals surface area contributed by atoms with Crippen LogP contribution < -0.4 is 5.32 Å². The second kappa shape index (κ2) is 6.59. The lowest BCUT2D eigenvalue weighted by atomic mass is 10.2. The molecule has 0 unspecified atom stereocenters. The Balaban J connectivity index is 1.63. The molecule has 4 nitrogen and oxygen atoms in total. The summed E-state index contributed by atoms with van der Waals surface area (Å²) >= 11 is 2.88. The SMILES string of the molecule is O=C(/C=C/c1ccc(F)cc1)Nc1nnc(-c2cccs2)s1. The second-order valence-electron chi connectivity index (χ2n) is 4.26. The van der Waals surface area contributed by atoms with Gasteiger partial charge >= 0.3 is 0 Å². The molecule has 2 heterocycles. The number of anilines is 1. The van der Waals surface area contributed by atoms with E-state index < -0.39 is 0 Å². The first-order valence-electron chi connectivity index (χ1n) is 6.33. The van der Waals surface area contributed by atoms with Crippen LogP contribution >= 0.6 is 22.7 Å². The molecule has 1 amide bonds. The third-order valence-electron chi connectivity index (χ3n) is 2.68. The second-order valence-corrected chi connectivity index (χ2v) is 6.19. The van der Waals surface area contributed by atoms with Crippen molar-refractivity contribution in [1.29, 1.82) is 0 Å². The molecule has 0 fully saturated rings. The topological polar surface area (TPSA) is 54.9 Å². The number of amides is 1. The van der Waals surface area contributed by atoms with E-state index in [1.807, 2.05) is 17.5 Å². The van der Waals surface area contributed by atoms with Crippen molar-refractivity contribution in [3.8, 4) is 9.88 Å². The highest BCUT2D eigenvalue weighted by Crippen LogP contribution is 2.29. The maximum absolute atomic E-state index is 12.8. The molecule has 0 bridgehead atoms. The summed E-state index contributed by atoms with van der Waals surface area (Å²) in [6, 6.07) is 9.76. The zero-order chi connectivity index (χ0) is 15.4. The Morgan fingerprint density at radius 1 is 1.18 bits per heavy atom. The number of thiophene rings is 1. The predicted molar refractivity (Wildman–Crippen MR) is 87.3 cm³/mol. The van der Waals surface area contributed by atoms with E-state index in [9.17, 15) is 9.18 Å². The number of carbonyl (C=O) groups is 1. The van der Waals surface area contributed by atoms with E-state index in [4.69, 9.17) is 0 Å². The number of nitrogens with zero attached hydrogens (tertiary/aromatic N) is 2. The quantitative estimate of drug-likeness (QED) is 0.734. The normalized spacial score (nSPS) is 11.0. The van der Waals surface area contributed by atoms with Crippen molar-refractivity contribution in [2.45, 2.75) is 0 Å². The molecule has 0 aliphatic rings. The van der Waals surface area contributed by atoms with E-state index in [2.05, 4.69) is 15.5 Å². The summed E-state index contributed by atoms with van der Waals surface area (Å²) < 4.78 is 12.8. The van der Waals surface area contributed by atoms with E-state index in [0.717, 1.165) is 15.4 Å². The minimum Gasteiger partial charge on any atom is -0.297 e. The molecule has 0 saturated carbocycles. The Labute approximate surface area is 134 Å². The van der Waals surface area contributed by atoms with E-state index in [1.165, 1.54) is 29.5 Å². The molecule has 0 aliphatic carbocycles. The van der Waals surface area contributed by atoms with Crippen molar-refractivity contribution in [2.24, 2.45) is 0 Å². The number of nitrogens with one attached hydrogen (secondary N) is 1. The molecule has 0 aliphatic heterocycles. The summed E-state index contributed by atoms with van der Waals surface area (Å²) in [5, 5.41) is 13.8. The Morgan fingerprint density at radius 2 is 2.00 bits per heavy atom. The van der Waals surface area contributed by atoms with Gasteiger partial charge in [-0.15, -0.1) is 21.5 Å². The summed E-state index contributed by atoms with van der Waals surface area (Å²) in [7, 11) is 0. The van der Waals surface area contributed by atoms with Gasteiger partial charge < -0.3 is 0 Å². The number of hydrogen-bond acceptors (Lipinski definition) is 5. The lowest BCUT2D eigenvalue weighted by Crippen LogP contribution is -2.07. The fraction of sp³-hybridized carbons (Fsp3) is 0. The van der Waals surface area contributed by atoms with Crippen molar-refractivity contribution in [1.82, 2.24) is 10.2 Å². The first kappa shape index (κ1) is 14.6. The third kappa shape index (κ3) is 3.63. The third-order valence-corrected chi connectivity index (χ3v) is 4.56. The highest BCUT2D eigenvalue weighted by molar-refractivity contribution is 7.23. The maximum atomic E-state index is 12.8. The molecule has 22 heavy (non-hydrogen) atoms. The van der Waals surface area contributed by atoms with Crippen LogP contribution in [0.15, 0.2) is 47.9 Å². The van der Waals surface area contributed by atoms with Crippen LogP contribution in [0.3, 0.4) is 0 Å². The van der Waals surface area contributed by atoms with Gasteiger partial charge in [-0.1, -0.05) is 29.5 Å². The zero-order valence-electron chi connectivity index (χ0n) is 11.2. The van der Waals surface area contributed by atoms with Crippen LogP contribution in [-0.2, 0) is 4.79 Å². The van der Waals surface area contributed by atoms with Gasteiger partial charge in [0.1, 0.15) is 5.82 Å². The smallest absolute Gasteiger partial charge is 0.250 e. The number of rotatable bonds is 4. The fourth-order valence-corrected chi connectivity index (χ4v) is 3.20. The molecule has 3 rings (SSSR count). The largest absolute Gasteiger partial charge is 0.297 e. The van der Waals surface area contributed by atoms with Gasteiger partial charge in [0.15, 0.2) is 5.01 Å². The molecule has 3 aromatic rings. The van der Waals surface area contributed by atoms with Gasteiger partial charge in [0, 0.05) is 6.08 Å². The minimum atomic E-state index is -0.309. The van der Waals surface area contributed by atoms with Crippen LogP contribution in [0, 0.1) is 5.82 Å². The van der Waals surface area contributed by atoms with Crippen molar-refractivity contribution in [3.05, 3.63) is 59.2 Å². The summed E-state index contributed by atoms with van der Waals surface area (Å²) in [5.41, 5.74) is 0.744. The van der Waals surface area contributed by atoms with Gasteiger partial charge in [0.2, 0.25) is 11.0 Å². The van der Waals surface area contributed by atoms with Crippen LogP contribution in [0.25, 0.3) is 16.0 Å². The number of carbonyl (C=O) groups excluding carboxylic acids is 1. The van der Waals surface area contributed by atoms with Crippen LogP contribution in [0.2, 0.25) is 0 Å². The number of halogens is 1. The minimum absolute atomic E-state index is 0.307. The molecule has 2 aromatic heterocycles. The van der Waals surface area contributed by atoms with Crippen LogP contribution in [-0.4, -0.2) is 16.1 Å². The molecule has 0 radical (unpaired) electrons. The number of aromatic nitrogens is 2. The van der Waals surface area contributed by atoms with Crippen molar-refractivity contribution in [3.63, 3.8) is 0 Å². The van der Waals surface area contributed by atoms with Gasteiger partial charge in [-0.05, 0) is 35.2 Å². The Bertz CT molecular complexity index is 795. The zero-order valence-corrected chi connectivity index (χ0v) is 12.8. The average molecular weight is 331 g/mol. The van der Waals surface area contributed by atoms with Crippen molar-refractivity contribution >= 4 is 39.8 Å². The highest BCUT2D eigenvalue weighted by Gasteiger charge is 2.08. The molecule has 0 spiro atoms. The van der Waals surface area contributed by atoms with E-state index in [1.54, 1.807) is 29.5 Å². The standard InChI is InChI=1S/C15H10FN3OS2/c16-11-6-3-10(4-7-11)5-8-13(20)17-15-19-18-14(22-15)12-2-1-9-21-12/h1-9H,(H,17,19,20)/b8-5+. The maximum Gasteiger partial charge on any atom is 0.250 e. The van der Waals surface area contributed by atoms with Gasteiger partial charge in [-0.3, -0.25) is 10.1 Å². The van der Waals surface area contributed by atoms with Crippen LogP contribution in [0.1, 0.15) is 5.56 Å².